The molecule has 0 amide bonds. The van der Waals surface area contributed by atoms with Crippen LogP contribution in [0, 0.1) is 0 Å². The van der Waals surface area contributed by atoms with E-state index in [1.165, 1.54) is 24.1 Å². The van der Waals surface area contributed by atoms with Gasteiger partial charge < -0.3 is 10.6 Å². The summed E-state index contributed by atoms with van der Waals surface area (Å²) < 4.78 is 0. The average Bonchev–Trinajstić information content (AvgIpc) is 2.30. The lowest BCUT2D eigenvalue weighted by atomic mass is 10.1. The van der Waals surface area contributed by atoms with Gasteiger partial charge in [0.05, 0.1) is 0 Å². The Hall–Kier alpha value is -1.02. The van der Waals surface area contributed by atoms with Crippen LogP contribution in [0.15, 0.2) is 24.3 Å². The Balaban J connectivity index is 2.70. The lowest BCUT2D eigenvalue weighted by Crippen LogP contribution is -2.23. The highest BCUT2D eigenvalue weighted by atomic mass is 15.1. The highest BCUT2D eigenvalue weighted by molar-refractivity contribution is 5.47. The van der Waals surface area contributed by atoms with Crippen molar-refractivity contribution in [2.75, 3.05) is 18.0 Å². The van der Waals surface area contributed by atoms with Gasteiger partial charge >= 0.3 is 0 Å². The molecule has 1 aromatic carbocycles. The van der Waals surface area contributed by atoms with Gasteiger partial charge in [-0.3, -0.25) is 0 Å². The van der Waals surface area contributed by atoms with Crippen molar-refractivity contribution in [1.29, 1.82) is 0 Å². The second kappa shape index (κ2) is 6.54. The van der Waals surface area contributed by atoms with Crippen LogP contribution in [-0.4, -0.2) is 13.1 Å². The van der Waals surface area contributed by atoms with Crippen LogP contribution in [0.5, 0.6) is 0 Å². The zero-order chi connectivity index (χ0) is 12.0. The summed E-state index contributed by atoms with van der Waals surface area (Å²) in [6, 6.07) is 8.75. The largest absolute Gasteiger partial charge is 0.372 e. The summed E-state index contributed by atoms with van der Waals surface area (Å²) in [5.74, 6) is 0. The fourth-order valence-corrected chi connectivity index (χ4v) is 1.81. The van der Waals surface area contributed by atoms with Crippen LogP contribution in [0.3, 0.4) is 0 Å². The van der Waals surface area contributed by atoms with Crippen molar-refractivity contribution in [3.05, 3.63) is 29.8 Å². The molecule has 0 heterocycles. The van der Waals surface area contributed by atoms with E-state index in [2.05, 4.69) is 43.0 Å². The average molecular weight is 220 g/mol. The van der Waals surface area contributed by atoms with Crippen LogP contribution in [0.25, 0.3) is 0 Å². The van der Waals surface area contributed by atoms with Crippen LogP contribution in [0.1, 0.15) is 45.2 Å². The van der Waals surface area contributed by atoms with Crippen molar-refractivity contribution in [3.8, 4) is 0 Å². The van der Waals surface area contributed by atoms with Gasteiger partial charge in [-0.2, -0.15) is 0 Å². The van der Waals surface area contributed by atoms with Gasteiger partial charge in [-0.1, -0.05) is 25.5 Å². The summed E-state index contributed by atoms with van der Waals surface area (Å²) in [6.45, 7) is 8.66. The predicted molar refractivity (Wildman–Crippen MR) is 71.8 cm³/mol. The normalized spacial score (nSPS) is 12.5. The third-order valence-electron chi connectivity index (χ3n) is 2.95. The van der Waals surface area contributed by atoms with Crippen molar-refractivity contribution in [3.63, 3.8) is 0 Å². The van der Waals surface area contributed by atoms with Gasteiger partial charge in [0.25, 0.3) is 0 Å². The maximum absolute atomic E-state index is 5.84. The molecule has 0 fully saturated rings. The lowest BCUT2D eigenvalue weighted by Gasteiger charge is -2.23. The summed E-state index contributed by atoms with van der Waals surface area (Å²) in [4.78, 5) is 2.41. The van der Waals surface area contributed by atoms with E-state index in [9.17, 15) is 0 Å². The molecule has 16 heavy (non-hydrogen) atoms. The van der Waals surface area contributed by atoms with Gasteiger partial charge in [0.1, 0.15) is 0 Å². The van der Waals surface area contributed by atoms with Gasteiger partial charge in [0, 0.05) is 24.8 Å². The summed E-state index contributed by atoms with van der Waals surface area (Å²) in [6.07, 6.45) is 2.50. The molecule has 0 aliphatic rings. The maximum Gasteiger partial charge on any atom is 0.0366 e. The van der Waals surface area contributed by atoms with E-state index in [0.717, 1.165) is 13.1 Å². The third kappa shape index (κ3) is 3.53. The molecule has 1 rings (SSSR count). The summed E-state index contributed by atoms with van der Waals surface area (Å²) in [5.41, 5.74) is 8.35. The van der Waals surface area contributed by atoms with E-state index in [1.54, 1.807) is 0 Å². The van der Waals surface area contributed by atoms with Gasteiger partial charge in [-0.05, 0) is 38.0 Å². The number of nitrogens with zero attached hydrogens (tertiary/aromatic N) is 1. The molecular weight excluding hydrogens is 196 g/mol. The van der Waals surface area contributed by atoms with Gasteiger partial charge in [-0.25, -0.2) is 0 Å². The van der Waals surface area contributed by atoms with Crippen LogP contribution in [0.2, 0.25) is 0 Å². The van der Waals surface area contributed by atoms with Crippen LogP contribution in [-0.2, 0) is 0 Å². The van der Waals surface area contributed by atoms with Gasteiger partial charge in [-0.15, -0.1) is 0 Å². The number of rotatable bonds is 6. The molecule has 0 saturated heterocycles. The maximum atomic E-state index is 5.84. The Morgan fingerprint density at radius 2 is 1.81 bits per heavy atom. The zero-order valence-corrected chi connectivity index (χ0v) is 10.7. The van der Waals surface area contributed by atoms with E-state index < -0.39 is 0 Å². The Morgan fingerprint density at radius 3 is 2.25 bits per heavy atom. The van der Waals surface area contributed by atoms with Gasteiger partial charge in [0.2, 0.25) is 0 Å². The lowest BCUT2D eigenvalue weighted by molar-refractivity contribution is 0.731. The third-order valence-corrected chi connectivity index (χ3v) is 2.95. The fourth-order valence-electron chi connectivity index (χ4n) is 1.81. The first-order chi connectivity index (χ1) is 7.69. The van der Waals surface area contributed by atoms with Crippen molar-refractivity contribution in [2.45, 2.75) is 39.7 Å². The van der Waals surface area contributed by atoms with Crippen molar-refractivity contribution < 1.29 is 0 Å². The zero-order valence-electron chi connectivity index (χ0n) is 10.7. The topological polar surface area (TPSA) is 29.3 Å². The van der Waals surface area contributed by atoms with Crippen molar-refractivity contribution in [1.82, 2.24) is 0 Å². The monoisotopic (exact) mass is 220 g/mol. The summed E-state index contributed by atoms with van der Waals surface area (Å²) in [7, 11) is 0. The number of benzene rings is 1. The molecule has 2 N–H and O–H groups in total. The molecule has 1 aromatic rings. The first-order valence-corrected chi connectivity index (χ1v) is 6.29. The molecule has 0 spiro atoms. The number of unbranched alkanes of at least 4 members (excludes halogenated alkanes) is 1. The molecule has 0 saturated carbocycles. The van der Waals surface area contributed by atoms with Crippen LogP contribution >= 0.6 is 0 Å². The predicted octanol–water partition coefficient (Wildman–Crippen LogP) is 3.33. The highest BCUT2D eigenvalue weighted by Crippen LogP contribution is 2.18. The van der Waals surface area contributed by atoms with Crippen LogP contribution in [0.4, 0.5) is 5.69 Å². The fraction of sp³-hybridized carbons (Fsp3) is 0.571. The molecule has 0 unspecified atom stereocenters. The number of anilines is 1. The molecule has 0 aliphatic carbocycles. The Morgan fingerprint density at radius 1 is 1.19 bits per heavy atom. The number of hydrogen-bond acceptors (Lipinski definition) is 2. The summed E-state index contributed by atoms with van der Waals surface area (Å²) in [5, 5.41) is 0. The van der Waals surface area contributed by atoms with Crippen LogP contribution < -0.4 is 10.6 Å². The van der Waals surface area contributed by atoms with E-state index in [-0.39, 0.29) is 6.04 Å². The van der Waals surface area contributed by atoms with E-state index in [0.29, 0.717) is 0 Å². The van der Waals surface area contributed by atoms with Crippen molar-refractivity contribution in [2.24, 2.45) is 5.73 Å². The second-order valence-electron chi connectivity index (χ2n) is 4.31. The minimum Gasteiger partial charge on any atom is -0.372 e. The summed E-state index contributed by atoms with van der Waals surface area (Å²) >= 11 is 0. The first kappa shape index (κ1) is 13.0. The molecule has 0 radical (unpaired) electrons. The first-order valence-electron chi connectivity index (χ1n) is 6.29. The Bertz CT molecular complexity index is 290. The molecule has 2 heteroatoms. The number of hydrogen-bond donors (Lipinski definition) is 1. The second-order valence-corrected chi connectivity index (χ2v) is 4.31. The number of nitrogens with two attached hydrogens (primary N) is 1. The molecule has 0 aliphatic heterocycles. The van der Waals surface area contributed by atoms with Crippen molar-refractivity contribution >= 4 is 5.69 Å². The Labute approximate surface area is 99.5 Å². The standard InChI is InChI=1S/C14H24N2/c1-4-6-11-16(5-2)14-9-7-13(8-10-14)12(3)15/h7-10,12H,4-6,11,15H2,1-3H3/t12-/m0/s1. The van der Waals surface area contributed by atoms with E-state index in [1.807, 2.05) is 6.92 Å². The SMILES string of the molecule is CCCCN(CC)c1ccc([C@H](C)N)cc1. The molecule has 1 atom stereocenters. The van der Waals surface area contributed by atoms with E-state index in [4.69, 9.17) is 5.73 Å². The minimum atomic E-state index is 0.125. The molecule has 90 valence electrons. The quantitative estimate of drug-likeness (QED) is 0.796. The smallest absolute Gasteiger partial charge is 0.0366 e. The molecule has 0 bridgehead atoms. The highest BCUT2D eigenvalue weighted by Gasteiger charge is 2.04. The van der Waals surface area contributed by atoms with Gasteiger partial charge in [0.15, 0.2) is 0 Å². The molecular formula is C14H24N2. The molecule has 2 nitrogen and oxygen atoms in total. The van der Waals surface area contributed by atoms with E-state index >= 15 is 0 Å². The molecule has 0 aromatic heterocycles. The minimum absolute atomic E-state index is 0.125. The Kier molecular flexibility index (Phi) is 5.33.